The minimum Gasteiger partial charge on any atom is -0.333 e. The number of rotatable bonds is 3. The lowest BCUT2D eigenvalue weighted by molar-refractivity contribution is -0.142. The Hall–Kier alpha value is -1.66. The standard InChI is InChI=1S/C18H24FN3O2.ClH/c19-15-6-4-5-14(11-15)16-12-20-8-10-22(16)18(24)13-21-9-3-1-2-7-17(21)23;/h4-6,11,16,20H,1-3,7-10,12-13H2;1H. The minimum absolute atomic E-state index is 0. The van der Waals surface area contributed by atoms with E-state index in [2.05, 4.69) is 5.32 Å². The monoisotopic (exact) mass is 369 g/mol. The summed E-state index contributed by atoms with van der Waals surface area (Å²) in [6.07, 6.45) is 3.43. The summed E-state index contributed by atoms with van der Waals surface area (Å²) in [4.78, 5) is 28.4. The maximum absolute atomic E-state index is 13.5. The zero-order valence-corrected chi connectivity index (χ0v) is 15.1. The van der Waals surface area contributed by atoms with Gasteiger partial charge in [-0.25, -0.2) is 4.39 Å². The molecular formula is C18H25ClFN3O2. The second-order valence-corrected chi connectivity index (χ2v) is 6.49. The highest BCUT2D eigenvalue weighted by Crippen LogP contribution is 2.23. The molecule has 0 bridgehead atoms. The summed E-state index contributed by atoms with van der Waals surface area (Å²) in [5, 5.41) is 3.26. The van der Waals surface area contributed by atoms with Crippen LogP contribution in [0.1, 0.15) is 37.3 Å². The van der Waals surface area contributed by atoms with E-state index < -0.39 is 0 Å². The SMILES string of the molecule is Cl.O=C1CCCCCN1CC(=O)N1CCNCC1c1cccc(F)c1. The molecule has 2 heterocycles. The van der Waals surface area contributed by atoms with Gasteiger partial charge in [-0.05, 0) is 30.5 Å². The van der Waals surface area contributed by atoms with Gasteiger partial charge in [0.1, 0.15) is 5.82 Å². The summed E-state index contributed by atoms with van der Waals surface area (Å²) in [5.74, 6) is -0.285. The molecule has 1 aromatic carbocycles. The number of likely N-dealkylation sites (tertiary alicyclic amines) is 1. The lowest BCUT2D eigenvalue weighted by Crippen LogP contribution is -2.52. The van der Waals surface area contributed by atoms with Crippen molar-refractivity contribution in [3.8, 4) is 0 Å². The molecule has 3 rings (SSSR count). The Bertz CT molecular complexity index is 614. The first-order valence-electron chi connectivity index (χ1n) is 8.68. The zero-order valence-electron chi connectivity index (χ0n) is 14.2. The van der Waals surface area contributed by atoms with E-state index in [1.807, 2.05) is 6.07 Å². The Labute approximate surface area is 154 Å². The van der Waals surface area contributed by atoms with Gasteiger partial charge in [0.15, 0.2) is 0 Å². The van der Waals surface area contributed by atoms with Crippen LogP contribution in [0, 0.1) is 5.82 Å². The fraction of sp³-hybridized carbons (Fsp3) is 0.556. The van der Waals surface area contributed by atoms with Crippen molar-refractivity contribution in [2.24, 2.45) is 0 Å². The van der Waals surface area contributed by atoms with E-state index in [0.717, 1.165) is 24.8 Å². The van der Waals surface area contributed by atoms with Crippen molar-refractivity contribution in [1.29, 1.82) is 0 Å². The van der Waals surface area contributed by atoms with Gasteiger partial charge in [0.05, 0.1) is 12.6 Å². The van der Waals surface area contributed by atoms with E-state index in [1.54, 1.807) is 15.9 Å². The van der Waals surface area contributed by atoms with Crippen LogP contribution >= 0.6 is 12.4 Å². The molecule has 0 radical (unpaired) electrons. The molecule has 0 spiro atoms. The van der Waals surface area contributed by atoms with Crippen molar-refractivity contribution < 1.29 is 14.0 Å². The molecule has 0 aromatic heterocycles. The van der Waals surface area contributed by atoms with Gasteiger partial charge in [0.25, 0.3) is 0 Å². The summed E-state index contributed by atoms with van der Waals surface area (Å²) in [6, 6.07) is 6.21. The van der Waals surface area contributed by atoms with Gasteiger partial charge in [0, 0.05) is 32.6 Å². The van der Waals surface area contributed by atoms with Crippen molar-refractivity contribution in [1.82, 2.24) is 15.1 Å². The summed E-state index contributed by atoms with van der Waals surface area (Å²) in [7, 11) is 0. The Morgan fingerprint density at radius 2 is 2.08 bits per heavy atom. The Kier molecular flexibility index (Phi) is 7.20. The molecule has 2 aliphatic rings. The second kappa shape index (κ2) is 9.15. The van der Waals surface area contributed by atoms with Gasteiger partial charge < -0.3 is 15.1 Å². The predicted molar refractivity (Wildman–Crippen MR) is 96.0 cm³/mol. The van der Waals surface area contributed by atoms with Crippen LogP contribution in [0.25, 0.3) is 0 Å². The minimum atomic E-state index is -0.298. The number of carbonyl (C=O) groups is 2. The average Bonchev–Trinajstić information content (AvgIpc) is 2.79. The van der Waals surface area contributed by atoms with Crippen molar-refractivity contribution in [3.05, 3.63) is 35.6 Å². The maximum Gasteiger partial charge on any atom is 0.242 e. The predicted octanol–water partition coefficient (Wildman–Crippen LogP) is 2.12. The molecule has 2 amide bonds. The third-order valence-corrected chi connectivity index (χ3v) is 4.79. The molecule has 1 N–H and O–H groups in total. The molecule has 7 heteroatoms. The van der Waals surface area contributed by atoms with Crippen LogP contribution in [0.4, 0.5) is 4.39 Å². The fourth-order valence-electron chi connectivity index (χ4n) is 3.47. The van der Waals surface area contributed by atoms with E-state index in [4.69, 9.17) is 0 Å². The van der Waals surface area contributed by atoms with Crippen molar-refractivity contribution in [3.63, 3.8) is 0 Å². The number of nitrogens with zero attached hydrogens (tertiary/aromatic N) is 2. The van der Waals surface area contributed by atoms with Crippen molar-refractivity contribution in [2.75, 3.05) is 32.7 Å². The van der Waals surface area contributed by atoms with E-state index in [-0.39, 0.29) is 42.6 Å². The topological polar surface area (TPSA) is 52.7 Å². The Balaban J connectivity index is 0.00000225. The molecule has 1 atom stereocenters. The van der Waals surface area contributed by atoms with E-state index in [9.17, 15) is 14.0 Å². The number of carbonyl (C=O) groups excluding carboxylic acids is 2. The van der Waals surface area contributed by atoms with Crippen LogP contribution in [0.5, 0.6) is 0 Å². The van der Waals surface area contributed by atoms with Gasteiger partial charge in [0.2, 0.25) is 11.8 Å². The molecule has 2 aliphatic heterocycles. The average molecular weight is 370 g/mol. The van der Waals surface area contributed by atoms with E-state index in [0.29, 0.717) is 32.6 Å². The van der Waals surface area contributed by atoms with Crippen molar-refractivity contribution in [2.45, 2.75) is 31.7 Å². The molecule has 2 fully saturated rings. The van der Waals surface area contributed by atoms with Crippen LogP contribution in [-0.2, 0) is 9.59 Å². The largest absolute Gasteiger partial charge is 0.333 e. The van der Waals surface area contributed by atoms with Crippen molar-refractivity contribution >= 4 is 24.2 Å². The fourth-order valence-corrected chi connectivity index (χ4v) is 3.47. The third kappa shape index (κ3) is 4.92. The lowest BCUT2D eigenvalue weighted by Gasteiger charge is -2.37. The van der Waals surface area contributed by atoms with Gasteiger partial charge in [-0.2, -0.15) is 0 Å². The first-order valence-corrected chi connectivity index (χ1v) is 8.68. The van der Waals surface area contributed by atoms with Gasteiger partial charge in [-0.3, -0.25) is 9.59 Å². The number of halogens is 2. The summed E-state index contributed by atoms with van der Waals surface area (Å²) >= 11 is 0. The van der Waals surface area contributed by atoms with Crippen LogP contribution < -0.4 is 5.32 Å². The van der Waals surface area contributed by atoms with Crippen LogP contribution in [0.2, 0.25) is 0 Å². The van der Waals surface area contributed by atoms with Crippen LogP contribution in [0.15, 0.2) is 24.3 Å². The molecule has 2 saturated heterocycles. The molecule has 0 aliphatic carbocycles. The molecular weight excluding hydrogens is 345 g/mol. The zero-order chi connectivity index (χ0) is 16.9. The van der Waals surface area contributed by atoms with Crippen LogP contribution in [0.3, 0.4) is 0 Å². The summed E-state index contributed by atoms with van der Waals surface area (Å²) in [6.45, 7) is 2.67. The second-order valence-electron chi connectivity index (χ2n) is 6.49. The maximum atomic E-state index is 13.5. The highest BCUT2D eigenvalue weighted by Gasteiger charge is 2.30. The van der Waals surface area contributed by atoms with Crippen LogP contribution in [-0.4, -0.2) is 54.3 Å². The molecule has 0 saturated carbocycles. The first-order chi connectivity index (χ1) is 11.6. The highest BCUT2D eigenvalue weighted by atomic mass is 35.5. The number of hydrogen-bond donors (Lipinski definition) is 1. The number of piperazine rings is 1. The number of hydrogen-bond acceptors (Lipinski definition) is 3. The number of nitrogens with one attached hydrogen (secondary N) is 1. The molecule has 1 aromatic rings. The highest BCUT2D eigenvalue weighted by molar-refractivity contribution is 5.85. The molecule has 1 unspecified atom stereocenters. The molecule has 138 valence electrons. The first kappa shape index (κ1) is 19.7. The lowest BCUT2D eigenvalue weighted by atomic mass is 10.0. The quantitative estimate of drug-likeness (QED) is 0.888. The summed E-state index contributed by atoms with van der Waals surface area (Å²) < 4.78 is 13.5. The Morgan fingerprint density at radius 1 is 1.24 bits per heavy atom. The smallest absolute Gasteiger partial charge is 0.242 e. The van der Waals surface area contributed by atoms with Gasteiger partial charge in [-0.1, -0.05) is 18.6 Å². The van der Waals surface area contributed by atoms with E-state index in [1.165, 1.54) is 12.1 Å². The summed E-state index contributed by atoms with van der Waals surface area (Å²) in [5.41, 5.74) is 0.790. The number of benzene rings is 1. The normalized spacial score (nSPS) is 21.5. The number of amides is 2. The third-order valence-electron chi connectivity index (χ3n) is 4.79. The molecule has 25 heavy (non-hydrogen) atoms. The van der Waals surface area contributed by atoms with E-state index >= 15 is 0 Å². The van der Waals surface area contributed by atoms with Gasteiger partial charge in [-0.15, -0.1) is 12.4 Å². The Morgan fingerprint density at radius 3 is 2.88 bits per heavy atom. The molecule has 5 nitrogen and oxygen atoms in total. The van der Waals surface area contributed by atoms with Gasteiger partial charge >= 0.3 is 0 Å².